The van der Waals surface area contributed by atoms with Crippen LogP contribution in [0.2, 0.25) is 5.02 Å². The average molecular weight is 414 g/mol. The molecule has 0 radical (unpaired) electrons. The molecule has 4 rings (SSSR count). The lowest BCUT2D eigenvalue weighted by atomic mass is 10.1. The van der Waals surface area contributed by atoms with Gasteiger partial charge in [-0.15, -0.1) is 11.3 Å². The first-order valence-corrected chi connectivity index (χ1v) is 9.95. The fourth-order valence-corrected chi connectivity index (χ4v) is 4.23. The van der Waals surface area contributed by atoms with Crippen LogP contribution in [0.1, 0.15) is 11.4 Å². The molecule has 28 heavy (non-hydrogen) atoms. The van der Waals surface area contributed by atoms with Crippen molar-refractivity contribution < 1.29 is 4.39 Å². The van der Waals surface area contributed by atoms with Crippen LogP contribution in [0.5, 0.6) is 0 Å². The van der Waals surface area contributed by atoms with Gasteiger partial charge in [0.05, 0.1) is 11.9 Å². The average Bonchev–Trinajstić information content (AvgIpc) is 3.09. The zero-order valence-electron chi connectivity index (χ0n) is 15.1. The number of aromatic amines is 1. The van der Waals surface area contributed by atoms with E-state index in [0.717, 1.165) is 11.1 Å². The Morgan fingerprint density at radius 3 is 2.64 bits per heavy atom. The van der Waals surface area contributed by atoms with E-state index >= 15 is 0 Å². The zero-order valence-corrected chi connectivity index (χ0v) is 16.6. The highest BCUT2D eigenvalue weighted by molar-refractivity contribution is 7.17. The number of fused-ring (bicyclic) bond motifs is 1. The van der Waals surface area contributed by atoms with E-state index in [1.54, 1.807) is 24.3 Å². The van der Waals surface area contributed by atoms with Gasteiger partial charge in [0, 0.05) is 28.1 Å². The van der Waals surface area contributed by atoms with E-state index in [2.05, 4.69) is 9.97 Å². The smallest absolute Gasteiger partial charge is 0.260 e. The minimum Gasteiger partial charge on any atom is -0.309 e. The van der Waals surface area contributed by atoms with Gasteiger partial charge in [0.15, 0.2) is 0 Å². The van der Waals surface area contributed by atoms with Gasteiger partial charge in [-0.1, -0.05) is 41.9 Å². The summed E-state index contributed by atoms with van der Waals surface area (Å²) in [6.45, 7) is 0.836. The van der Waals surface area contributed by atoms with Gasteiger partial charge in [0.25, 0.3) is 5.56 Å². The summed E-state index contributed by atoms with van der Waals surface area (Å²) >= 11 is 7.39. The van der Waals surface area contributed by atoms with Crippen molar-refractivity contribution in [2.75, 3.05) is 7.05 Å². The highest BCUT2D eigenvalue weighted by atomic mass is 35.5. The number of H-pyrrole nitrogens is 1. The predicted molar refractivity (Wildman–Crippen MR) is 112 cm³/mol. The molecular weight excluding hydrogens is 397 g/mol. The van der Waals surface area contributed by atoms with Crippen molar-refractivity contribution in [3.05, 3.63) is 86.5 Å². The standard InChI is InChI=1S/C21H17ClFN3OS/c1-26(10-14-4-2-3-5-17(14)23)11-18-24-20(27)19-16(12-28-21(19)25-18)13-6-8-15(22)9-7-13/h2-9,12H,10-11H2,1H3,(H,24,25,27). The third kappa shape index (κ3) is 3.85. The normalized spacial score (nSPS) is 11.4. The summed E-state index contributed by atoms with van der Waals surface area (Å²) in [5.74, 6) is 0.318. The van der Waals surface area contributed by atoms with E-state index in [1.165, 1.54) is 17.4 Å². The van der Waals surface area contributed by atoms with Crippen LogP contribution in [0.15, 0.2) is 58.7 Å². The van der Waals surface area contributed by atoms with Crippen molar-refractivity contribution in [2.24, 2.45) is 0 Å². The highest BCUT2D eigenvalue weighted by Crippen LogP contribution is 2.31. The number of nitrogens with zero attached hydrogens (tertiary/aromatic N) is 2. The Labute approximate surface area is 170 Å². The summed E-state index contributed by atoms with van der Waals surface area (Å²) in [5, 5.41) is 3.16. The summed E-state index contributed by atoms with van der Waals surface area (Å²) in [6.07, 6.45) is 0. The zero-order chi connectivity index (χ0) is 19.7. The summed E-state index contributed by atoms with van der Waals surface area (Å²) < 4.78 is 13.8. The minimum absolute atomic E-state index is 0.175. The highest BCUT2D eigenvalue weighted by Gasteiger charge is 2.14. The Morgan fingerprint density at radius 1 is 1.14 bits per heavy atom. The molecule has 0 aliphatic carbocycles. The lowest BCUT2D eigenvalue weighted by Gasteiger charge is -2.16. The van der Waals surface area contributed by atoms with Crippen LogP contribution in [-0.4, -0.2) is 21.9 Å². The van der Waals surface area contributed by atoms with E-state index in [9.17, 15) is 9.18 Å². The first-order chi connectivity index (χ1) is 13.5. The third-order valence-corrected chi connectivity index (χ3v) is 5.59. The monoisotopic (exact) mass is 413 g/mol. The Bertz CT molecular complexity index is 1190. The Kier molecular flexibility index (Phi) is 5.26. The number of halogens is 2. The molecule has 0 amide bonds. The molecule has 0 aliphatic rings. The molecule has 0 atom stereocenters. The number of rotatable bonds is 5. The number of benzene rings is 2. The van der Waals surface area contributed by atoms with Crippen LogP contribution in [0.25, 0.3) is 21.3 Å². The van der Waals surface area contributed by atoms with Crippen molar-refractivity contribution in [3.63, 3.8) is 0 Å². The Hall–Kier alpha value is -2.54. The Morgan fingerprint density at radius 2 is 1.89 bits per heavy atom. The number of thiophene rings is 1. The fraction of sp³-hybridized carbons (Fsp3) is 0.143. The van der Waals surface area contributed by atoms with Crippen LogP contribution < -0.4 is 5.56 Å². The van der Waals surface area contributed by atoms with Crippen LogP contribution in [-0.2, 0) is 13.1 Å². The van der Waals surface area contributed by atoms with E-state index in [0.29, 0.717) is 39.7 Å². The summed E-state index contributed by atoms with van der Waals surface area (Å²) in [7, 11) is 1.87. The molecule has 7 heteroatoms. The van der Waals surface area contributed by atoms with Gasteiger partial charge < -0.3 is 4.98 Å². The van der Waals surface area contributed by atoms with Crippen molar-refractivity contribution in [1.82, 2.24) is 14.9 Å². The molecule has 0 bridgehead atoms. The molecule has 0 aliphatic heterocycles. The van der Waals surface area contributed by atoms with Gasteiger partial charge in [-0.05, 0) is 30.8 Å². The maximum Gasteiger partial charge on any atom is 0.260 e. The fourth-order valence-electron chi connectivity index (χ4n) is 3.14. The van der Waals surface area contributed by atoms with Gasteiger partial charge in [-0.2, -0.15) is 0 Å². The second kappa shape index (κ2) is 7.83. The summed E-state index contributed by atoms with van der Waals surface area (Å²) in [4.78, 5) is 22.8. The number of aromatic nitrogens is 2. The van der Waals surface area contributed by atoms with Crippen molar-refractivity contribution >= 4 is 33.2 Å². The maximum atomic E-state index is 13.8. The molecule has 0 fully saturated rings. The molecule has 4 aromatic rings. The molecule has 0 spiro atoms. The molecule has 0 unspecified atom stereocenters. The van der Waals surface area contributed by atoms with Crippen LogP contribution >= 0.6 is 22.9 Å². The van der Waals surface area contributed by atoms with Crippen molar-refractivity contribution in [2.45, 2.75) is 13.1 Å². The van der Waals surface area contributed by atoms with Gasteiger partial charge in [-0.25, -0.2) is 9.37 Å². The van der Waals surface area contributed by atoms with Gasteiger partial charge in [0.2, 0.25) is 0 Å². The van der Waals surface area contributed by atoms with E-state index < -0.39 is 0 Å². The lowest BCUT2D eigenvalue weighted by Crippen LogP contribution is -2.22. The first-order valence-electron chi connectivity index (χ1n) is 8.69. The number of nitrogens with one attached hydrogen (secondary N) is 1. The van der Waals surface area contributed by atoms with Crippen LogP contribution in [0.3, 0.4) is 0 Å². The summed E-state index contributed by atoms with van der Waals surface area (Å²) in [6, 6.07) is 14.0. The molecule has 2 heterocycles. The maximum absolute atomic E-state index is 13.8. The van der Waals surface area contributed by atoms with E-state index in [-0.39, 0.29) is 11.4 Å². The minimum atomic E-state index is -0.239. The largest absolute Gasteiger partial charge is 0.309 e. The van der Waals surface area contributed by atoms with Crippen molar-refractivity contribution in [1.29, 1.82) is 0 Å². The molecule has 4 nitrogen and oxygen atoms in total. The lowest BCUT2D eigenvalue weighted by molar-refractivity contribution is 0.305. The Balaban J connectivity index is 1.61. The van der Waals surface area contributed by atoms with Gasteiger partial charge >= 0.3 is 0 Å². The number of hydrogen-bond acceptors (Lipinski definition) is 4. The first kappa shape index (κ1) is 18.8. The molecule has 1 N–H and O–H groups in total. The van der Waals surface area contributed by atoms with Gasteiger partial charge in [-0.3, -0.25) is 9.69 Å². The van der Waals surface area contributed by atoms with E-state index in [1.807, 2.05) is 35.5 Å². The molecule has 2 aromatic carbocycles. The quantitative estimate of drug-likeness (QED) is 0.496. The molecule has 0 saturated heterocycles. The molecule has 0 saturated carbocycles. The van der Waals surface area contributed by atoms with Gasteiger partial charge in [0.1, 0.15) is 16.5 Å². The topological polar surface area (TPSA) is 49.0 Å². The van der Waals surface area contributed by atoms with Crippen molar-refractivity contribution in [3.8, 4) is 11.1 Å². The van der Waals surface area contributed by atoms with E-state index in [4.69, 9.17) is 11.6 Å². The molecule has 2 aromatic heterocycles. The second-order valence-corrected chi connectivity index (χ2v) is 7.91. The predicted octanol–water partition coefficient (Wildman–Crippen LogP) is 5.08. The van der Waals surface area contributed by atoms with Crippen LogP contribution in [0.4, 0.5) is 4.39 Å². The number of hydrogen-bond donors (Lipinski definition) is 1. The summed E-state index contributed by atoms with van der Waals surface area (Å²) in [5.41, 5.74) is 2.20. The SMILES string of the molecule is CN(Cc1nc2scc(-c3ccc(Cl)cc3)c2c(=O)[nH]1)Cc1ccccc1F. The van der Waals surface area contributed by atoms with Crippen LogP contribution in [0, 0.1) is 5.82 Å². The molecular formula is C21H17ClFN3OS. The molecule has 142 valence electrons. The third-order valence-electron chi connectivity index (χ3n) is 4.47. The second-order valence-electron chi connectivity index (χ2n) is 6.61.